The molecular weight excluding hydrogens is 356 g/mol. The number of carbonyl (C=O) groups excluding carboxylic acids is 1. The van der Waals surface area contributed by atoms with Crippen molar-refractivity contribution in [2.24, 2.45) is 0 Å². The van der Waals surface area contributed by atoms with E-state index in [2.05, 4.69) is 4.98 Å². The lowest BCUT2D eigenvalue weighted by molar-refractivity contribution is -0.147. The molecule has 0 saturated heterocycles. The first kappa shape index (κ1) is 17.9. The zero-order valence-corrected chi connectivity index (χ0v) is 15.1. The molecule has 0 aliphatic carbocycles. The standard InChI is InChI=1S/C19H17ClN2O4/c1-12-3-5-15(20)16(7-12)25-11-19(24)26-10-14-8-18(23)22-9-13(2)4-6-17(22)21-14/h3-9H,10-11H2,1-2H3. The molecule has 0 saturated carbocycles. The highest BCUT2D eigenvalue weighted by molar-refractivity contribution is 6.32. The number of nitrogens with zero attached hydrogens (tertiary/aromatic N) is 2. The SMILES string of the molecule is Cc1ccc(Cl)c(OCC(=O)OCc2cc(=O)n3cc(C)ccc3n2)c1. The van der Waals surface area contributed by atoms with E-state index in [1.54, 1.807) is 24.4 Å². The van der Waals surface area contributed by atoms with Gasteiger partial charge in [0, 0.05) is 12.3 Å². The number of benzene rings is 1. The fourth-order valence-corrected chi connectivity index (χ4v) is 2.56. The summed E-state index contributed by atoms with van der Waals surface area (Å²) in [5, 5.41) is 0.419. The Bertz CT molecular complexity index is 1030. The summed E-state index contributed by atoms with van der Waals surface area (Å²) in [4.78, 5) is 28.3. The normalized spacial score (nSPS) is 10.7. The smallest absolute Gasteiger partial charge is 0.344 e. The van der Waals surface area contributed by atoms with E-state index in [4.69, 9.17) is 21.1 Å². The van der Waals surface area contributed by atoms with Gasteiger partial charge < -0.3 is 9.47 Å². The van der Waals surface area contributed by atoms with Crippen LogP contribution in [0.15, 0.2) is 47.4 Å². The number of ether oxygens (including phenoxy) is 2. The molecule has 0 unspecified atom stereocenters. The van der Waals surface area contributed by atoms with Crippen LogP contribution in [0.3, 0.4) is 0 Å². The highest BCUT2D eigenvalue weighted by atomic mass is 35.5. The van der Waals surface area contributed by atoms with Gasteiger partial charge in [0.25, 0.3) is 5.56 Å². The summed E-state index contributed by atoms with van der Waals surface area (Å²) in [6.07, 6.45) is 1.71. The van der Waals surface area contributed by atoms with Crippen LogP contribution in [0.4, 0.5) is 0 Å². The number of aryl methyl sites for hydroxylation is 2. The van der Waals surface area contributed by atoms with Gasteiger partial charge in [-0.05, 0) is 43.2 Å². The van der Waals surface area contributed by atoms with Gasteiger partial charge in [0.05, 0.1) is 10.7 Å². The van der Waals surface area contributed by atoms with E-state index in [0.29, 0.717) is 22.1 Å². The van der Waals surface area contributed by atoms with E-state index in [0.717, 1.165) is 11.1 Å². The van der Waals surface area contributed by atoms with Crippen LogP contribution in [0.2, 0.25) is 5.02 Å². The Kier molecular flexibility index (Phi) is 5.23. The summed E-state index contributed by atoms with van der Waals surface area (Å²) in [6, 6.07) is 10.2. The first-order valence-corrected chi connectivity index (χ1v) is 8.34. The lowest BCUT2D eigenvalue weighted by Crippen LogP contribution is -2.18. The Balaban J connectivity index is 1.62. The second kappa shape index (κ2) is 7.58. The molecule has 0 spiro atoms. The maximum atomic E-state index is 12.1. The molecule has 2 heterocycles. The highest BCUT2D eigenvalue weighted by Gasteiger charge is 2.09. The number of esters is 1. The molecule has 0 bridgehead atoms. The summed E-state index contributed by atoms with van der Waals surface area (Å²) >= 11 is 6.01. The molecule has 0 fully saturated rings. The monoisotopic (exact) mass is 372 g/mol. The van der Waals surface area contributed by atoms with Gasteiger partial charge in [-0.25, -0.2) is 9.78 Å². The molecular formula is C19H17ClN2O4. The van der Waals surface area contributed by atoms with Crippen molar-refractivity contribution >= 4 is 23.2 Å². The van der Waals surface area contributed by atoms with Gasteiger partial charge in [-0.2, -0.15) is 0 Å². The number of hydrogen-bond acceptors (Lipinski definition) is 5. The third kappa shape index (κ3) is 4.21. The van der Waals surface area contributed by atoms with E-state index in [-0.39, 0.29) is 18.8 Å². The van der Waals surface area contributed by atoms with E-state index in [1.165, 1.54) is 10.5 Å². The van der Waals surface area contributed by atoms with E-state index >= 15 is 0 Å². The number of pyridine rings is 1. The second-order valence-electron chi connectivity index (χ2n) is 5.90. The Morgan fingerprint density at radius 2 is 1.92 bits per heavy atom. The molecule has 7 heteroatoms. The van der Waals surface area contributed by atoms with Gasteiger partial charge in [0.2, 0.25) is 0 Å². The molecule has 134 valence electrons. The molecule has 26 heavy (non-hydrogen) atoms. The Morgan fingerprint density at radius 3 is 2.73 bits per heavy atom. The van der Waals surface area contributed by atoms with Gasteiger partial charge in [-0.15, -0.1) is 0 Å². The van der Waals surface area contributed by atoms with E-state index in [1.807, 2.05) is 26.0 Å². The Labute approximate surface area is 155 Å². The quantitative estimate of drug-likeness (QED) is 0.644. The molecule has 0 aliphatic heterocycles. The molecule has 0 amide bonds. The van der Waals surface area contributed by atoms with Gasteiger partial charge >= 0.3 is 5.97 Å². The van der Waals surface area contributed by atoms with E-state index < -0.39 is 5.97 Å². The lowest BCUT2D eigenvalue weighted by atomic mass is 10.2. The number of halogens is 1. The van der Waals surface area contributed by atoms with Crippen molar-refractivity contribution in [2.75, 3.05) is 6.61 Å². The van der Waals surface area contributed by atoms with Crippen molar-refractivity contribution in [3.05, 3.63) is 74.8 Å². The summed E-state index contributed by atoms with van der Waals surface area (Å²) in [7, 11) is 0. The number of hydrogen-bond donors (Lipinski definition) is 0. The van der Waals surface area contributed by atoms with Crippen molar-refractivity contribution in [1.82, 2.24) is 9.38 Å². The van der Waals surface area contributed by atoms with Crippen molar-refractivity contribution in [2.45, 2.75) is 20.5 Å². The Hall–Kier alpha value is -2.86. The molecule has 0 N–H and O–H groups in total. The summed E-state index contributed by atoms with van der Waals surface area (Å²) < 4.78 is 12.0. The minimum Gasteiger partial charge on any atom is -0.480 e. The second-order valence-corrected chi connectivity index (χ2v) is 6.31. The lowest BCUT2D eigenvalue weighted by Gasteiger charge is -2.09. The van der Waals surface area contributed by atoms with Crippen LogP contribution in [0.1, 0.15) is 16.8 Å². The zero-order valence-electron chi connectivity index (χ0n) is 14.4. The van der Waals surface area contributed by atoms with Gasteiger partial charge in [-0.3, -0.25) is 9.20 Å². The molecule has 2 aromatic heterocycles. The van der Waals surface area contributed by atoms with Crippen molar-refractivity contribution < 1.29 is 14.3 Å². The molecule has 0 radical (unpaired) electrons. The maximum absolute atomic E-state index is 12.1. The van der Waals surface area contributed by atoms with Crippen molar-refractivity contribution in [1.29, 1.82) is 0 Å². The van der Waals surface area contributed by atoms with Crippen LogP contribution in [0.5, 0.6) is 5.75 Å². The first-order valence-electron chi connectivity index (χ1n) is 7.96. The molecule has 0 aliphatic rings. The predicted octanol–water partition coefficient (Wildman–Crippen LogP) is 3.09. The van der Waals surface area contributed by atoms with Crippen LogP contribution < -0.4 is 10.3 Å². The summed E-state index contributed by atoms with van der Waals surface area (Å²) in [5.74, 6) is -0.158. The highest BCUT2D eigenvalue weighted by Crippen LogP contribution is 2.25. The molecule has 6 nitrogen and oxygen atoms in total. The molecule has 0 atom stereocenters. The van der Waals surface area contributed by atoms with Crippen molar-refractivity contribution in [3.8, 4) is 5.75 Å². The van der Waals surface area contributed by atoms with Gasteiger partial charge in [0.15, 0.2) is 6.61 Å². The number of fused-ring (bicyclic) bond motifs is 1. The topological polar surface area (TPSA) is 69.9 Å². The van der Waals surface area contributed by atoms with Crippen LogP contribution in [-0.2, 0) is 16.1 Å². The van der Waals surface area contributed by atoms with Crippen molar-refractivity contribution in [3.63, 3.8) is 0 Å². The maximum Gasteiger partial charge on any atom is 0.344 e. The largest absolute Gasteiger partial charge is 0.480 e. The third-order valence-electron chi connectivity index (χ3n) is 3.67. The fourth-order valence-electron chi connectivity index (χ4n) is 2.39. The van der Waals surface area contributed by atoms with E-state index in [9.17, 15) is 9.59 Å². The minimum atomic E-state index is -0.575. The average Bonchev–Trinajstić information content (AvgIpc) is 2.61. The predicted molar refractivity (Wildman–Crippen MR) is 97.7 cm³/mol. The van der Waals surface area contributed by atoms with Crippen LogP contribution in [0.25, 0.3) is 5.65 Å². The van der Waals surface area contributed by atoms with Crippen LogP contribution >= 0.6 is 11.6 Å². The molecule has 3 aromatic rings. The number of carbonyl (C=O) groups is 1. The molecule has 3 rings (SSSR count). The summed E-state index contributed by atoms with van der Waals surface area (Å²) in [5.41, 5.74) is 2.56. The first-order chi connectivity index (χ1) is 12.4. The van der Waals surface area contributed by atoms with Crippen LogP contribution in [0, 0.1) is 13.8 Å². The summed E-state index contributed by atoms with van der Waals surface area (Å²) in [6.45, 7) is 3.40. The average molecular weight is 373 g/mol. The Morgan fingerprint density at radius 1 is 1.15 bits per heavy atom. The molecule has 1 aromatic carbocycles. The fraction of sp³-hybridized carbons (Fsp3) is 0.211. The third-order valence-corrected chi connectivity index (χ3v) is 3.99. The minimum absolute atomic E-state index is 0.108. The van der Waals surface area contributed by atoms with Gasteiger partial charge in [-0.1, -0.05) is 23.7 Å². The number of rotatable bonds is 5. The number of aromatic nitrogens is 2. The van der Waals surface area contributed by atoms with Crippen LogP contribution in [-0.4, -0.2) is 22.0 Å². The van der Waals surface area contributed by atoms with Gasteiger partial charge in [0.1, 0.15) is 18.0 Å². The zero-order chi connectivity index (χ0) is 18.7.